The fraction of sp³-hybridized carbons (Fsp3) is 0.789. The molecule has 0 saturated carbocycles. The molecule has 8 nitrogen and oxygen atoms in total. The first kappa shape index (κ1) is 45.3. The Balaban J connectivity index is 4.15. The molecule has 0 bridgehead atoms. The van der Waals surface area contributed by atoms with E-state index < -0.39 is 26.5 Å². The number of hydrogen-bond acceptors (Lipinski definition) is 7. The third-order valence-corrected chi connectivity index (χ3v) is 8.77. The van der Waals surface area contributed by atoms with Crippen LogP contribution in [0.5, 0.6) is 0 Å². The fourth-order valence-corrected chi connectivity index (χ4v) is 5.75. The van der Waals surface area contributed by atoms with Gasteiger partial charge in [0.25, 0.3) is 0 Å². The predicted octanol–water partition coefficient (Wildman–Crippen LogP) is 11.3. The van der Waals surface area contributed by atoms with Crippen molar-refractivity contribution in [2.75, 3.05) is 19.8 Å². The maximum atomic E-state index is 12.5. The number of allylic oxidation sites excluding steroid dienone is 6. The Kier molecular flexibility index (Phi) is 32.9. The number of carbonyl (C=O) groups is 2. The van der Waals surface area contributed by atoms with Crippen LogP contribution in [0.3, 0.4) is 0 Å². The smallest absolute Gasteiger partial charge is 0.462 e. The lowest BCUT2D eigenvalue weighted by atomic mass is 10.1. The van der Waals surface area contributed by atoms with E-state index in [0.29, 0.717) is 12.8 Å². The fourth-order valence-electron chi connectivity index (χ4n) is 5.00. The molecule has 0 spiro atoms. The van der Waals surface area contributed by atoms with E-state index in [1.807, 2.05) is 0 Å². The zero-order valence-electron chi connectivity index (χ0n) is 30.2. The molecule has 2 unspecified atom stereocenters. The third-order valence-electron chi connectivity index (χ3n) is 7.71. The molecule has 47 heavy (non-hydrogen) atoms. The van der Waals surface area contributed by atoms with Crippen molar-refractivity contribution >= 4 is 19.8 Å². The number of esters is 2. The molecule has 274 valence electrons. The predicted molar refractivity (Wildman–Crippen MR) is 193 cm³/mol. The molecule has 0 fully saturated rings. The summed E-state index contributed by atoms with van der Waals surface area (Å²) in [7, 11) is -4.27. The first-order chi connectivity index (χ1) is 22.8. The van der Waals surface area contributed by atoms with Crippen molar-refractivity contribution in [2.24, 2.45) is 0 Å². The average molecular weight is 685 g/mol. The van der Waals surface area contributed by atoms with E-state index in [4.69, 9.17) is 18.5 Å². The van der Waals surface area contributed by atoms with Crippen LogP contribution >= 0.6 is 7.82 Å². The summed E-state index contributed by atoms with van der Waals surface area (Å²) in [6.45, 7) is 5.32. The molecule has 0 aliphatic carbocycles. The van der Waals surface area contributed by atoms with Gasteiger partial charge in [0.2, 0.25) is 0 Å². The van der Waals surface area contributed by atoms with E-state index in [1.54, 1.807) is 6.92 Å². The maximum Gasteiger partial charge on any atom is 0.472 e. The van der Waals surface area contributed by atoms with Crippen molar-refractivity contribution in [1.29, 1.82) is 0 Å². The lowest BCUT2D eigenvalue weighted by Crippen LogP contribution is -2.29. The number of phosphoric acid groups is 1. The molecule has 1 N–H and O–H groups in total. The van der Waals surface area contributed by atoms with Gasteiger partial charge in [0, 0.05) is 12.8 Å². The summed E-state index contributed by atoms with van der Waals surface area (Å²) in [5, 5.41) is 0. The summed E-state index contributed by atoms with van der Waals surface area (Å²) in [6, 6.07) is 0. The van der Waals surface area contributed by atoms with E-state index in [9.17, 15) is 19.0 Å². The SMILES string of the molecule is CC/C=C\C/C=C\C/C=C\CCCCCCCCCC(=O)OC(COC(=O)CCCCCCCCCCCC)COP(=O)(O)OCC. The van der Waals surface area contributed by atoms with Crippen LogP contribution < -0.4 is 0 Å². The molecular weight excluding hydrogens is 615 g/mol. The average Bonchev–Trinajstić information content (AvgIpc) is 3.04. The van der Waals surface area contributed by atoms with Gasteiger partial charge in [0.05, 0.1) is 13.2 Å². The van der Waals surface area contributed by atoms with Gasteiger partial charge in [-0.3, -0.25) is 18.6 Å². The topological polar surface area (TPSA) is 108 Å². The molecule has 9 heteroatoms. The molecule has 0 aromatic carbocycles. The minimum atomic E-state index is -4.27. The Morgan fingerprint density at radius 2 is 1.09 bits per heavy atom. The number of hydrogen-bond donors (Lipinski definition) is 1. The number of rotatable bonds is 34. The van der Waals surface area contributed by atoms with Crippen LogP contribution in [-0.2, 0) is 32.7 Å². The molecule has 0 amide bonds. The first-order valence-electron chi connectivity index (χ1n) is 18.8. The second kappa shape index (κ2) is 34.1. The number of ether oxygens (including phenoxy) is 2. The summed E-state index contributed by atoms with van der Waals surface area (Å²) in [5.41, 5.74) is 0. The number of unbranched alkanes of at least 4 members (excludes halogenated alkanes) is 16. The highest BCUT2D eigenvalue weighted by molar-refractivity contribution is 7.47. The summed E-state index contributed by atoms with van der Waals surface area (Å²) in [6.07, 6.45) is 36.2. The standard InChI is InChI=1S/C38H69O8P/c1-4-7-9-11-13-15-17-18-19-20-21-22-23-25-27-29-31-33-38(40)46-36(35-45-47(41,42)44-6-3)34-43-37(39)32-30-28-26-24-16-14-12-10-8-5-2/h7,9,13,15,18-19,36H,4-6,8,10-12,14,16-17,20-35H2,1-3H3,(H,41,42)/b9-7-,15-13-,19-18-. The van der Waals surface area contributed by atoms with Gasteiger partial charge in [0.1, 0.15) is 6.61 Å². The minimum Gasteiger partial charge on any atom is -0.462 e. The Hall–Kier alpha value is -1.73. The normalized spacial score (nSPS) is 13.9. The van der Waals surface area contributed by atoms with Crippen LogP contribution in [0.15, 0.2) is 36.5 Å². The minimum absolute atomic E-state index is 0.00142. The van der Waals surface area contributed by atoms with Gasteiger partial charge >= 0.3 is 19.8 Å². The second-order valence-corrected chi connectivity index (χ2v) is 13.7. The van der Waals surface area contributed by atoms with Crippen LogP contribution in [0.25, 0.3) is 0 Å². The molecule has 0 aromatic heterocycles. The molecule has 0 saturated heterocycles. The summed E-state index contributed by atoms with van der Waals surface area (Å²) in [5.74, 6) is -0.811. The molecule has 0 rings (SSSR count). The van der Waals surface area contributed by atoms with Crippen molar-refractivity contribution in [3.63, 3.8) is 0 Å². The Morgan fingerprint density at radius 3 is 1.64 bits per heavy atom. The van der Waals surface area contributed by atoms with E-state index in [1.165, 1.54) is 64.2 Å². The van der Waals surface area contributed by atoms with Crippen molar-refractivity contribution in [1.82, 2.24) is 0 Å². The first-order valence-corrected chi connectivity index (χ1v) is 20.3. The third kappa shape index (κ3) is 33.9. The van der Waals surface area contributed by atoms with Crippen LogP contribution in [-0.4, -0.2) is 42.8 Å². The van der Waals surface area contributed by atoms with Crippen LogP contribution in [0.2, 0.25) is 0 Å². The molecule has 2 atom stereocenters. The Bertz CT molecular complexity index is 870. The van der Waals surface area contributed by atoms with Crippen molar-refractivity contribution in [3.8, 4) is 0 Å². The van der Waals surface area contributed by atoms with Crippen molar-refractivity contribution in [2.45, 2.75) is 175 Å². The zero-order chi connectivity index (χ0) is 34.7. The summed E-state index contributed by atoms with van der Waals surface area (Å²) < 4.78 is 32.5. The van der Waals surface area contributed by atoms with E-state index in [-0.39, 0.29) is 25.6 Å². The Morgan fingerprint density at radius 1 is 0.596 bits per heavy atom. The molecule has 0 aliphatic heterocycles. The van der Waals surface area contributed by atoms with Gasteiger partial charge in [-0.05, 0) is 51.9 Å². The quantitative estimate of drug-likeness (QED) is 0.0309. The lowest BCUT2D eigenvalue weighted by Gasteiger charge is -2.19. The largest absolute Gasteiger partial charge is 0.472 e. The summed E-state index contributed by atoms with van der Waals surface area (Å²) in [4.78, 5) is 34.5. The van der Waals surface area contributed by atoms with Gasteiger partial charge in [-0.1, -0.05) is 140 Å². The van der Waals surface area contributed by atoms with E-state index >= 15 is 0 Å². The molecule has 0 aromatic rings. The summed E-state index contributed by atoms with van der Waals surface area (Å²) >= 11 is 0. The number of phosphoric ester groups is 1. The Labute approximate surface area is 287 Å². The number of carbonyl (C=O) groups excluding carboxylic acids is 2. The van der Waals surface area contributed by atoms with E-state index in [2.05, 4.69) is 50.3 Å². The zero-order valence-corrected chi connectivity index (χ0v) is 31.1. The highest BCUT2D eigenvalue weighted by atomic mass is 31.2. The maximum absolute atomic E-state index is 12.5. The monoisotopic (exact) mass is 684 g/mol. The lowest BCUT2D eigenvalue weighted by molar-refractivity contribution is -0.161. The highest BCUT2D eigenvalue weighted by Crippen LogP contribution is 2.43. The van der Waals surface area contributed by atoms with Crippen LogP contribution in [0.1, 0.15) is 168 Å². The molecule has 0 heterocycles. The van der Waals surface area contributed by atoms with Crippen molar-refractivity contribution < 1.29 is 37.6 Å². The molecule has 0 radical (unpaired) electrons. The van der Waals surface area contributed by atoms with Crippen LogP contribution in [0, 0.1) is 0 Å². The van der Waals surface area contributed by atoms with Gasteiger partial charge in [-0.15, -0.1) is 0 Å². The van der Waals surface area contributed by atoms with Gasteiger partial charge < -0.3 is 14.4 Å². The van der Waals surface area contributed by atoms with Gasteiger partial charge in [0.15, 0.2) is 6.10 Å². The van der Waals surface area contributed by atoms with Gasteiger partial charge in [-0.2, -0.15) is 0 Å². The van der Waals surface area contributed by atoms with Gasteiger partial charge in [-0.25, -0.2) is 4.57 Å². The highest BCUT2D eigenvalue weighted by Gasteiger charge is 2.25. The molecular formula is C38H69O8P. The van der Waals surface area contributed by atoms with E-state index in [0.717, 1.165) is 64.2 Å². The van der Waals surface area contributed by atoms with Crippen LogP contribution in [0.4, 0.5) is 0 Å². The second-order valence-electron chi connectivity index (χ2n) is 12.2. The molecule has 0 aliphatic rings. The van der Waals surface area contributed by atoms with Crippen molar-refractivity contribution in [3.05, 3.63) is 36.5 Å².